The fraction of sp³-hybridized carbons (Fsp3) is 0.222. The highest BCUT2D eigenvalue weighted by Crippen LogP contribution is 2.20. The Morgan fingerprint density at radius 1 is 0.917 bits per heavy atom. The Hall–Kier alpha value is -4.53. The van der Waals surface area contributed by atoms with Crippen molar-refractivity contribution in [2.45, 2.75) is 26.9 Å². The molecule has 0 saturated heterocycles. The monoisotopic (exact) mass is 485 g/mol. The molecule has 36 heavy (non-hydrogen) atoms. The van der Waals surface area contributed by atoms with E-state index in [1.165, 1.54) is 27.7 Å². The summed E-state index contributed by atoms with van der Waals surface area (Å²) in [6.45, 7) is 4.68. The van der Waals surface area contributed by atoms with E-state index < -0.39 is 0 Å². The zero-order chi connectivity index (χ0) is 25.5. The Kier molecular flexibility index (Phi) is 7.69. The zero-order valence-corrected chi connectivity index (χ0v) is 20.2. The Morgan fingerprint density at radius 2 is 1.61 bits per heavy atom. The quantitative estimate of drug-likeness (QED) is 0.391. The van der Waals surface area contributed by atoms with E-state index in [1.807, 2.05) is 62.4 Å². The van der Waals surface area contributed by atoms with Crippen LogP contribution in [-0.4, -0.2) is 38.4 Å². The Labute approximate surface area is 208 Å². The number of aryl methyl sites for hydroxylation is 1. The lowest BCUT2D eigenvalue weighted by Gasteiger charge is -2.10. The molecule has 2 aromatic heterocycles. The average molecular weight is 486 g/mol. The SMILES string of the molecule is CCOc1ccc(-c2ccc(=O)n(CCNC(=O)Cn3cnc(-c4ccc(C)cc4)cc3=O)n2)cc1. The van der Waals surface area contributed by atoms with Crippen LogP contribution in [0.2, 0.25) is 0 Å². The van der Waals surface area contributed by atoms with Gasteiger partial charge in [-0.1, -0.05) is 29.8 Å². The predicted octanol–water partition coefficient (Wildman–Crippen LogP) is 2.66. The molecule has 1 N–H and O–H groups in total. The van der Waals surface area contributed by atoms with Gasteiger partial charge < -0.3 is 10.1 Å². The number of hydrogen-bond donors (Lipinski definition) is 1. The number of nitrogens with one attached hydrogen (secondary N) is 1. The number of benzene rings is 2. The van der Waals surface area contributed by atoms with Gasteiger partial charge in [0.2, 0.25) is 5.91 Å². The van der Waals surface area contributed by atoms with Crippen molar-refractivity contribution in [1.29, 1.82) is 0 Å². The number of carbonyl (C=O) groups excluding carboxylic acids is 1. The number of nitrogens with zero attached hydrogens (tertiary/aromatic N) is 4. The molecule has 2 aromatic carbocycles. The van der Waals surface area contributed by atoms with Gasteiger partial charge in [0, 0.05) is 29.8 Å². The van der Waals surface area contributed by atoms with Crippen LogP contribution in [0.15, 0.2) is 82.6 Å². The maximum absolute atomic E-state index is 12.5. The van der Waals surface area contributed by atoms with Crippen LogP contribution in [0.5, 0.6) is 5.75 Å². The number of carbonyl (C=O) groups is 1. The fourth-order valence-corrected chi connectivity index (χ4v) is 3.59. The Morgan fingerprint density at radius 3 is 2.31 bits per heavy atom. The lowest BCUT2D eigenvalue weighted by Crippen LogP contribution is -2.35. The van der Waals surface area contributed by atoms with Gasteiger partial charge in [0.15, 0.2) is 0 Å². The third-order valence-electron chi connectivity index (χ3n) is 5.51. The molecule has 0 aliphatic carbocycles. The highest BCUT2D eigenvalue weighted by atomic mass is 16.5. The second kappa shape index (κ2) is 11.3. The van der Waals surface area contributed by atoms with Crippen molar-refractivity contribution in [3.8, 4) is 28.3 Å². The molecule has 1 amide bonds. The van der Waals surface area contributed by atoms with Crippen LogP contribution in [0.25, 0.3) is 22.5 Å². The summed E-state index contributed by atoms with van der Waals surface area (Å²) in [5.74, 6) is 0.397. The molecule has 0 aliphatic heterocycles. The van der Waals surface area contributed by atoms with Crippen molar-refractivity contribution in [3.63, 3.8) is 0 Å². The van der Waals surface area contributed by atoms with Crippen LogP contribution in [0.1, 0.15) is 12.5 Å². The van der Waals surface area contributed by atoms with E-state index in [-0.39, 0.29) is 36.7 Å². The minimum absolute atomic E-state index is 0.172. The average Bonchev–Trinajstić information content (AvgIpc) is 2.87. The van der Waals surface area contributed by atoms with Crippen LogP contribution in [0, 0.1) is 6.92 Å². The third-order valence-corrected chi connectivity index (χ3v) is 5.51. The zero-order valence-electron chi connectivity index (χ0n) is 20.2. The number of amides is 1. The van der Waals surface area contributed by atoms with Crippen molar-refractivity contribution in [2.24, 2.45) is 0 Å². The molecule has 2 heterocycles. The Bertz CT molecular complexity index is 1460. The summed E-state index contributed by atoms with van der Waals surface area (Å²) < 4.78 is 8.00. The summed E-state index contributed by atoms with van der Waals surface area (Å²) in [4.78, 5) is 41.4. The minimum atomic E-state index is -0.363. The molecule has 184 valence electrons. The minimum Gasteiger partial charge on any atom is -0.494 e. The molecule has 0 aliphatic rings. The first-order chi connectivity index (χ1) is 17.4. The molecule has 4 rings (SSSR count). The first kappa shape index (κ1) is 24.6. The first-order valence-corrected chi connectivity index (χ1v) is 11.6. The normalized spacial score (nSPS) is 10.7. The lowest BCUT2D eigenvalue weighted by molar-refractivity contribution is -0.121. The van der Waals surface area contributed by atoms with E-state index in [4.69, 9.17) is 4.74 Å². The van der Waals surface area contributed by atoms with Crippen molar-refractivity contribution in [2.75, 3.05) is 13.2 Å². The Balaban J connectivity index is 1.35. The molecule has 0 atom stereocenters. The molecular weight excluding hydrogens is 458 g/mol. The smallest absolute Gasteiger partial charge is 0.266 e. The second-order valence-electron chi connectivity index (χ2n) is 8.19. The summed E-state index contributed by atoms with van der Waals surface area (Å²) in [5, 5.41) is 7.13. The van der Waals surface area contributed by atoms with Crippen LogP contribution in [0.3, 0.4) is 0 Å². The summed E-state index contributed by atoms with van der Waals surface area (Å²) in [7, 11) is 0. The van der Waals surface area contributed by atoms with Crippen LogP contribution >= 0.6 is 0 Å². The maximum Gasteiger partial charge on any atom is 0.266 e. The number of hydrogen-bond acceptors (Lipinski definition) is 6. The molecule has 0 bridgehead atoms. The van der Waals surface area contributed by atoms with Gasteiger partial charge in [-0.25, -0.2) is 9.67 Å². The molecular formula is C27H27N5O4. The van der Waals surface area contributed by atoms with Gasteiger partial charge in [-0.15, -0.1) is 0 Å². The first-order valence-electron chi connectivity index (χ1n) is 11.6. The van der Waals surface area contributed by atoms with E-state index in [0.29, 0.717) is 18.0 Å². The number of rotatable bonds is 9. The van der Waals surface area contributed by atoms with Crippen LogP contribution in [-0.2, 0) is 17.9 Å². The molecule has 4 aromatic rings. The van der Waals surface area contributed by atoms with Crippen molar-refractivity contribution in [3.05, 3.63) is 99.3 Å². The van der Waals surface area contributed by atoms with Crippen LogP contribution in [0.4, 0.5) is 0 Å². The van der Waals surface area contributed by atoms with Gasteiger partial charge in [0.25, 0.3) is 11.1 Å². The van der Waals surface area contributed by atoms with Crippen molar-refractivity contribution in [1.82, 2.24) is 24.6 Å². The highest BCUT2D eigenvalue weighted by Gasteiger charge is 2.09. The van der Waals surface area contributed by atoms with Crippen molar-refractivity contribution < 1.29 is 9.53 Å². The summed E-state index contributed by atoms with van der Waals surface area (Å²) >= 11 is 0. The molecule has 0 saturated carbocycles. The van der Waals surface area contributed by atoms with Gasteiger partial charge in [-0.3, -0.25) is 19.0 Å². The molecule has 9 nitrogen and oxygen atoms in total. The van der Waals surface area contributed by atoms with Gasteiger partial charge in [-0.05, 0) is 44.2 Å². The standard InChI is InChI=1S/C27H27N5O4/c1-3-36-22-10-8-20(9-11-22)23-12-13-26(34)32(30-23)15-14-28-25(33)17-31-18-29-24(16-27(31)35)21-6-4-19(2)5-7-21/h4-13,16,18H,3,14-15,17H2,1-2H3,(H,28,33). The van der Waals surface area contributed by atoms with E-state index in [9.17, 15) is 14.4 Å². The predicted molar refractivity (Wildman–Crippen MR) is 137 cm³/mol. The van der Waals surface area contributed by atoms with E-state index >= 15 is 0 Å². The molecule has 9 heteroatoms. The van der Waals surface area contributed by atoms with E-state index in [1.54, 1.807) is 6.07 Å². The fourth-order valence-electron chi connectivity index (χ4n) is 3.59. The third kappa shape index (κ3) is 6.12. The summed E-state index contributed by atoms with van der Waals surface area (Å²) in [6, 6.07) is 19.7. The van der Waals surface area contributed by atoms with Gasteiger partial charge in [-0.2, -0.15) is 5.10 Å². The van der Waals surface area contributed by atoms with Gasteiger partial charge in [0.1, 0.15) is 12.3 Å². The molecule has 0 spiro atoms. The largest absolute Gasteiger partial charge is 0.494 e. The lowest BCUT2D eigenvalue weighted by atomic mass is 10.1. The van der Waals surface area contributed by atoms with E-state index in [0.717, 1.165) is 22.4 Å². The highest BCUT2D eigenvalue weighted by molar-refractivity contribution is 5.75. The van der Waals surface area contributed by atoms with Crippen LogP contribution < -0.4 is 21.2 Å². The van der Waals surface area contributed by atoms with E-state index in [2.05, 4.69) is 15.4 Å². The second-order valence-corrected chi connectivity index (χ2v) is 8.19. The summed E-state index contributed by atoms with van der Waals surface area (Å²) in [6.07, 6.45) is 1.36. The maximum atomic E-state index is 12.5. The molecule has 0 unspecified atom stereocenters. The number of aromatic nitrogens is 4. The summed E-state index contributed by atoms with van der Waals surface area (Å²) in [5.41, 5.74) is 3.38. The van der Waals surface area contributed by atoms with Gasteiger partial charge >= 0.3 is 0 Å². The topological polar surface area (TPSA) is 108 Å². The van der Waals surface area contributed by atoms with Gasteiger partial charge in [0.05, 0.1) is 30.9 Å². The van der Waals surface area contributed by atoms with Crippen molar-refractivity contribution >= 4 is 5.91 Å². The molecule has 0 radical (unpaired) electrons. The number of ether oxygens (including phenoxy) is 1. The molecule has 0 fully saturated rings.